The molecule has 1 aromatic heterocycles. The first-order valence-electron chi connectivity index (χ1n) is 11.4. The third-order valence-electron chi connectivity index (χ3n) is 5.44. The fourth-order valence-electron chi connectivity index (χ4n) is 3.79. The average Bonchev–Trinajstić information content (AvgIpc) is 3.18. The summed E-state index contributed by atoms with van der Waals surface area (Å²) in [7, 11) is -3.92. The first-order chi connectivity index (χ1) is 16.6. The molecule has 0 unspecified atom stereocenters. The second kappa shape index (κ2) is 12.5. The van der Waals surface area contributed by atoms with Gasteiger partial charge in [0.15, 0.2) is 5.13 Å². The van der Waals surface area contributed by atoms with Gasteiger partial charge in [-0.25, -0.2) is 4.98 Å². The number of nitrogens with zero attached hydrogens (tertiary/aromatic N) is 2. The van der Waals surface area contributed by atoms with E-state index >= 15 is 0 Å². The fraction of sp³-hybridized carbons (Fsp3) is 0.417. The van der Waals surface area contributed by atoms with E-state index in [-0.39, 0.29) is 29.8 Å². The van der Waals surface area contributed by atoms with Crippen molar-refractivity contribution in [1.29, 1.82) is 0 Å². The van der Waals surface area contributed by atoms with Gasteiger partial charge in [-0.2, -0.15) is 0 Å². The van der Waals surface area contributed by atoms with Crippen LogP contribution < -0.4 is 11.1 Å². The van der Waals surface area contributed by atoms with E-state index in [0.29, 0.717) is 28.2 Å². The van der Waals surface area contributed by atoms with Crippen molar-refractivity contribution in [3.05, 3.63) is 54.1 Å². The Labute approximate surface area is 224 Å². The molecule has 0 aliphatic rings. The zero-order valence-corrected chi connectivity index (χ0v) is 24.3. The number of nitrogens with one attached hydrogen (secondary N) is 1. The molecule has 0 saturated carbocycles. The summed E-state index contributed by atoms with van der Waals surface area (Å²) in [5.74, 6) is -0.112. The molecule has 0 fully saturated rings. The van der Waals surface area contributed by atoms with Crippen LogP contribution in [-0.2, 0) is 21.2 Å². The predicted octanol–water partition coefficient (Wildman–Crippen LogP) is 2.59. The second-order valence-corrected chi connectivity index (χ2v) is 13.3. The number of sulfonamides is 1. The Morgan fingerprint density at radius 2 is 1.91 bits per heavy atom. The normalized spacial score (nSPS) is 13.9. The van der Waals surface area contributed by atoms with Gasteiger partial charge in [-0.3, -0.25) is 0 Å². The van der Waals surface area contributed by atoms with Crippen molar-refractivity contribution in [2.45, 2.75) is 48.2 Å². The van der Waals surface area contributed by atoms with Crippen LogP contribution in [0.25, 0.3) is 10.2 Å². The van der Waals surface area contributed by atoms with Gasteiger partial charge in [0.2, 0.25) is 0 Å². The molecule has 0 spiro atoms. The molecule has 8 nitrogen and oxygen atoms in total. The van der Waals surface area contributed by atoms with E-state index in [2.05, 4.69) is 10.3 Å². The monoisotopic (exact) mass is 623 g/mol. The molecule has 0 bridgehead atoms. The van der Waals surface area contributed by atoms with Crippen LogP contribution in [0.4, 0.5) is 5.13 Å². The molecule has 11 heteroatoms. The molecular formula is C24H31N4O4S2Sn+. The molecule has 3 aromatic rings. The number of carbonyl (C=O) groups excluding carboxylic acids is 1. The number of aromatic nitrogens is 1. The van der Waals surface area contributed by atoms with Crippen molar-refractivity contribution < 1.29 is 18.3 Å². The molecule has 2 atom stereocenters. The molecule has 186 valence electrons. The van der Waals surface area contributed by atoms with E-state index in [0.717, 1.165) is 10.0 Å². The van der Waals surface area contributed by atoms with Crippen molar-refractivity contribution in [3.8, 4) is 0 Å². The number of nitrogen functional groups attached to an aromatic ring is 1. The van der Waals surface area contributed by atoms with Gasteiger partial charge >= 0.3 is 192 Å². The Morgan fingerprint density at radius 3 is 2.57 bits per heavy atom. The number of rotatable bonds is 12. The second-order valence-electron chi connectivity index (χ2n) is 8.83. The van der Waals surface area contributed by atoms with Crippen LogP contribution in [0, 0.1) is 5.92 Å². The Hall–Kier alpha value is -1.73. The van der Waals surface area contributed by atoms with Crippen LogP contribution in [0.1, 0.15) is 25.8 Å². The van der Waals surface area contributed by atoms with E-state index < -0.39 is 22.2 Å². The SMILES string of the molecule is CC(C)CN(C[C@@H](O)[C@H](Cc1ccccc1)NC(=O)C[CH2][Sn+])S(=O)(=O)c1ccc2nc(N)sc2c1. The molecule has 0 aliphatic heterocycles. The van der Waals surface area contributed by atoms with Crippen LogP contribution >= 0.6 is 11.3 Å². The number of thiazole rings is 1. The Bertz CT molecular complexity index is 1230. The number of hydrogen-bond acceptors (Lipinski definition) is 7. The Balaban J connectivity index is 1.88. The third kappa shape index (κ3) is 7.62. The summed E-state index contributed by atoms with van der Waals surface area (Å²) in [6, 6.07) is 13.7. The van der Waals surface area contributed by atoms with Gasteiger partial charge in [0.05, 0.1) is 5.52 Å². The average molecular weight is 622 g/mol. The number of aliphatic hydroxyl groups excluding tert-OH is 1. The van der Waals surface area contributed by atoms with E-state index in [1.54, 1.807) is 12.1 Å². The van der Waals surface area contributed by atoms with E-state index in [1.807, 2.05) is 44.2 Å². The summed E-state index contributed by atoms with van der Waals surface area (Å²) in [6.45, 7) is 3.94. The molecule has 1 heterocycles. The summed E-state index contributed by atoms with van der Waals surface area (Å²) < 4.78 is 30.0. The van der Waals surface area contributed by atoms with Gasteiger partial charge in [0.1, 0.15) is 0 Å². The number of fused-ring (bicyclic) bond motifs is 1. The topological polar surface area (TPSA) is 126 Å². The molecule has 35 heavy (non-hydrogen) atoms. The van der Waals surface area contributed by atoms with Gasteiger partial charge in [-0.05, 0) is 0 Å². The zero-order valence-electron chi connectivity index (χ0n) is 19.8. The number of amides is 1. The first-order valence-corrected chi connectivity index (χ1v) is 15.7. The van der Waals surface area contributed by atoms with E-state index in [1.165, 1.54) is 44.2 Å². The number of anilines is 1. The standard InChI is InChI=1S/C24H31N4O4S2.Sn/c1-4-23(30)26-20(12-17-8-6-5-7-9-17)21(29)15-28(14-16(2)3)34(31,32)18-10-11-19-22(13-18)33-24(25)27-19;/h5-11,13,16,20-21,29H,1,4,12,14-15H2,2-3H3,(H2,25,27)(H,26,30);/q;+1/t20-,21+;/m0./s1. The van der Waals surface area contributed by atoms with E-state index in [9.17, 15) is 18.3 Å². The molecule has 1 amide bonds. The van der Waals surface area contributed by atoms with Gasteiger partial charge in [0.25, 0.3) is 0 Å². The number of hydrogen-bond donors (Lipinski definition) is 3. The zero-order chi connectivity index (χ0) is 25.6. The summed E-state index contributed by atoms with van der Waals surface area (Å²) >= 11 is 2.49. The summed E-state index contributed by atoms with van der Waals surface area (Å²) in [5.41, 5.74) is 7.37. The van der Waals surface area contributed by atoms with Crippen LogP contribution in [0.3, 0.4) is 0 Å². The van der Waals surface area contributed by atoms with Gasteiger partial charge in [0, 0.05) is 0 Å². The van der Waals surface area contributed by atoms with Crippen LogP contribution in [0.5, 0.6) is 0 Å². The minimum atomic E-state index is -3.92. The molecule has 0 saturated heterocycles. The van der Waals surface area contributed by atoms with Crippen molar-refractivity contribution in [2.24, 2.45) is 5.92 Å². The molecular weight excluding hydrogens is 591 g/mol. The van der Waals surface area contributed by atoms with Crippen LogP contribution in [0.15, 0.2) is 53.4 Å². The summed E-state index contributed by atoms with van der Waals surface area (Å²) in [4.78, 5) is 16.7. The Kier molecular flexibility index (Phi) is 9.93. The van der Waals surface area contributed by atoms with Gasteiger partial charge < -0.3 is 5.73 Å². The summed E-state index contributed by atoms with van der Waals surface area (Å²) in [6.07, 6.45) is -0.324. The number of carbonyl (C=O) groups is 1. The van der Waals surface area contributed by atoms with Crippen molar-refractivity contribution in [2.75, 3.05) is 18.8 Å². The molecule has 4 N–H and O–H groups in total. The maximum absolute atomic E-state index is 13.6. The molecule has 2 radical (unpaired) electrons. The number of benzene rings is 2. The Morgan fingerprint density at radius 1 is 1.20 bits per heavy atom. The van der Waals surface area contributed by atoms with Gasteiger partial charge in [-0.15, -0.1) is 0 Å². The molecule has 3 rings (SSSR count). The van der Waals surface area contributed by atoms with Crippen LogP contribution in [-0.4, -0.2) is 76.5 Å². The maximum atomic E-state index is 13.6. The molecule has 0 aliphatic carbocycles. The minimum absolute atomic E-state index is 0.0326. The predicted molar refractivity (Wildman–Crippen MR) is 141 cm³/mol. The fourth-order valence-corrected chi connectivity index (χ4v) is 6.93. The van der Waals surface area contributed by atoms with Gasteiger partial charge in [-0.1, -0.05) is 11.3 Å². The quantitative estimate of drug-likeness (QED) is 0.267. The third-order valence-corrected chi connectivity index (χ3v) is 8.82. The van der Waals surface area contributed by atoms with Crippen molar-refractivity contribution in [3.63, 3.8) is 0 Å². The molecule has 2 aromatic carbocycles. The van der Waals surface area contributed by atoms with Crippen LogP contribution in [0.2, 0.25) is 4.44 Å². The first kappa shape index (κ1) is 27.8. The summed E-state index contributed by atoms with van der Waals surface area (Å²) in [5, 5.41) is 14.5. The van der Waals surface area contributed by atoms with E-state index in [4.69, 9.17) is 5.73 Å². The van der Waals surface area contributed by atoms with Crippen molar-refractivity contribution in [1.82, 2.24) is 14.6 Å². The number of nitrogens with two attached hydrogens (primary N) is 1. The number of aliphatic hydroxyl groups is 1. The van der Waals surface area contributed by atoms with Crippen molar-refractivity contribution >= 4 is 65.1 Å².